The first kappa shape index (κ1) is 16.9. The number of aryl methyl sites for hydroxylation is 1. The number of fused-ring (bicyclic) bond motifs is 1. The van der Waals surface area contributed by atoms with Crippen molar-refractivity contribution in [3.63, 3.8) is 0 Å². The van der Waals surface area contributed by atoms with Crippen LogP contribution in [-0.2, 0) is 14.8 Å². The molecule has 0 unspecified atom stereocenters. The Morgan fingerprint density at radius 1 is 1.46 bits per heavy atom. The van der Waals surface area contributed by atoms with Gasteiger partial charge >= 0.3 is 0 Å². The Hall–Kier alpha value is -1.97. The maximum atomic E-state index is 12.3. The van der Waals surface area contributed by atoms with Gasteiger partial charge in [0.15, 0.2) is 11.5 Å². The first-order valence-electron chi connectivity index (χ1n) is 7.55. The summed E-state index contributed by atoms with van der Waals surface area (Å²) < 4.78 is 35.5. The highest BCUT2D eigenvalue weighted by Gasteiger charge is 2.26. The Balaban J connectivity index is 1.62. The Kier molecular flexibility index (Phi) is 4.57. The van der Waals surface area contributed by atoms with Gasteiger partial charge in [-0.1, -0.05) is 0 Å². The number of ether oxygens (including phenoxy) is 1. The number of sulfonamides is 1. The second kappa shape index (κ2) is 6.50. The second-order valence-corrected chi connectivity index (χ2v) is 7.72. The Labute approximate surface area is 139 Å². The molecular formula is C15H19N3O5S. The molecule has 0 aliphatic carbocycles. The fraction of sp³-hybridized carbons (Fsp3) is 0.467. The number of hydrogen-bond acceptors (Lipinski definition) is 6. The number of oxazole rings is 1. The monoisotopic (exact) mass is 353 g/mol. The summed E-state index contributed by atoms with van der Waals surface area (Å²) in [6.07, 6.45) is 0.802. The van der Waals surface area contributed by atoms with Gasteiger partial charge in [-0.25, -0.2) is 13.4 Å². The molecule has 8 nitrogen and oxygen atoms in total. The average Bonchev–Trinajstić information content (AvgIpc) is 2.91. The van der Waals surface area contributed by atoms with Gasteiger partial charge in [0, 0.05) is 32.1 Å². The maximum Gasteiger partial charge on any atom is 0.251 e. The highest BCUT2D eigenvalue weighted by molar-refractivity contribution is 7.88. The van der Waals surface area contributed by atoms with Gasteiger partial charge in [-0.3, -0.25) is 4.79 Å². The summed E-state index contributed by atoms with van der Waals surface area (Å²) in [5.74, 6) is 0.269. The van der Waals surface area contributed by atoms with E-state index in [1.54, 1.807) is 25.1 Å². The van der Waals surface area contributed by atoms with Crippen LogP contribution in [0.2, 0.25) is 0 Å². The number of hydrogen-bond donors (Lipinski definition) is 1. The minimum Gasteiger partial charge on any atom is -0.441 e. The summed E-state index contributed by atoms with van der Waals surface area (Å²) in [4.78, 5) is 16.4. The molecule has 0 bridgehead atoms. The van der Waals surface area contributed by atoms with Crippen molar-refractivity contribution in [1.82, 2.24) is 14.6 Å². The zero-order valence-electron chi connectivity index (χ0n) is 13.5. The number of amides is 1. The molecular weight excluding hydrogens is 334 g/mol. The molecule has 1 amide bonds. The molecule has 1 fully saturated rings. The van der Waals surface area contributed by atoms with Crippen molar-refractivity contribution < 1.29 is 22.4 Å². The summed E-state index contributed by atoms with van der Waals surface area (Å²) in [6, 6.07) is 5.03. The summed E-state index contributed by atoms with van der Waals surface area (Å²) in [5.41, 5.74) is 1.70. The molecule has 3 rings (SSSR count). The van der Waals surface area contributed by atoms with Crippen LogP contribution in [0.1, 0.15) is 16.2 Å². The number of rotatable bonds is 4. The third-order valence-corrected chi connectivity index (χ3v) is 5.09. The lowest BCUT2D eigenvalue weighted by Gasteiger charge is -2.31. The molecule has 1 aromatic heterocycles. The van der Waals surface area contributed by atoms with E-state index in [9.17, 15) is 13.2 Å². The fourth-order valence-electron chi connectivity index (χ4n) is 2.61. The Bertz CT molecular complexity index is 861. The van der Waals surface area contributed by atoms with Gasteiger partial charge in [-0.2, -0.15) is 4.31 Å². The molecule has 1 aromatic carbocycles. The third-order valence-electron chi connectivity index (χ3n) is 3.82. The Morgan fingerprint density at radius 3 is 3.00 bits per heavy atom. The van der Waals surface area contributed by atoms with E-state index in [1.165, 1.54) is 10.6 Å². The van der Waals surface area contributed by atoms with Crippen LogP contribution in [0.25, 0.3) is 11.1 Å². The highest BCUT2D eigenvalue weighted by Crippen LogP contribution is 2.17. The molecule has 1 saturated heterocycles. The molecule has 2 aromatic rings. The number of benzene rings is 1. The first-order chi connectivity index (χ1) is 11.3. The smallest absolute Gasteiger partial charge is 0.251 e. The number of nitrogens with one attached hydrogen (secondary N) is 1. The van der Waals surface area contributed by atoms with Crippen LogP contribution in [0.3, 0.4) is 0 Å². The predicted octanol–water partition coefficient (Wildman–Crippen LogP) is 0.526. The van der Waals surface area contributed by atoms with Crippen molar-refractivity contribution in [1.29, 1.82) is 0 Å². The molecule has 1 aliphatic rings. The van der Waals surface area contributed by atoms with Crippen LogP contribution in [-0.4, -0.2) is 62.2 Å². The van der Waals surface area contributed by atoms with Crippen molar-refractivity contribution >= 4 is 27.0 Å². The topological polar surface area (TPSA) is 102 Å². The van der Waals surface area contributed by atoms with E-state index in [1.807, 2.05) is 0 Å². The molecule has 1 aliphatic heterocycles. The summed E-state index contributed by atoms with van der Waals surface area (Å²) >= 11 is 0. The van der Waals surface area contributed by atoms with Crippen molar-refractivity contribution in [2.45, 2.75) is 13.0 Å². The van der Waals surface area contributed by atoms with Gasteiger partial charge in [-0.15, -0.1) is 0 Å². The van der Waals surface area contributed by atoms with Gasteiger partial charge in [-0.05, 0) is 18.2 Å². The number of nitrogens with zero attached hydrogens (tertiary/aromatic N) is 2. The van der Waals surface area contributed by atoms with E-state index in [4.69, 9.17) is 9.15 Å². The first-order valence-corrected chi connectivity index (χ1v) is 9.40. The molecule has 9 heteroatoms. The lowest BCUT2D eigenvalue weighted by molar-refractivity contribution is 0.000439. The van der Waals surface area contributed by atoms with Crippen LogP contribution >= 0.6 is 0 Å². The van der Waals surface area contributed by atoms with E-state index in [0.29, 0.717) is 35.7 Å². The van der Waals surface area contributed by atoms with Crippen molar-refractivity contribution in [2.24, 2.45) is 0 Å². The van der Waals surface area contributed by atoms with Gasteiger partial charge in [0.05, 0.1) is 19.0 Å². The van der Waals surface area contributed by atoms with E-state index in [0.717, 1.165) is 0 Å². The largest absolute Gasteiger partial charge is 0.441 e. The van der Waals surface area contributed by atoms with Crippen LogP contribution in [0.15, 0.2) is 22.6 Å². The predicted molar refractivity (Wildman–Crippen MR) is 87.2 cm³/mol. The number of carbonyl (C=O) groups is 1. The van der Waals surface area contributed by atoms with Crippen molar-refractivity contribution in [3.8, 4) is 0 Å². The van der Waals surface area contributed by atoms with E-state index < -0.39 is 10.0 Å². The molecule has 0 radical (unpaired) electrons. The molecule has 0 saturated carbocycles. The molecule has 24 heavy (non-hydrogen) atoms. The van der Waals surface area contributed by atoms with Gasteiger partial charge < -0.3 is 14.5 Å². The van der Waals surface area contributed by atoms with Crippen LogP contribution in [0.4, 0.5) is 0 Å². The fourth-order valence-corrected chi connectivity index (χ4v) is 3.45. The standard InChI is InChI=1S/C15H19N3O5S/c1-10-17-13-4-3-11(7-14(13)23-10)15(19)16-8-12-9-18(5-6-22-12)24(2,20)21/h3-4,7,12H,5-6,8-9H2,1-2H3,(H,16,19)/t12-/m1/s1. The number of morpholine rings is 1. The quantitative estimate of drug-likeness (QED) is 0.860. The zero-order chi connectivity index (χ0) is 17.3. The maximum absolute atomic E-state index is 12.3. The molecule has 1 atom stereocenters. The minimum absolute atomic E-state index is 0.234. The Morgan fingerprint density at radius 2 is 2.25 bits per heavy atom. The normalized spacial score (nSPS) is 19.5. The molecule has 0 spiro atoms. The average molecular weight is 353 g/mol. The summed E-state index contributed by atoms with van der Waals surface area (Å²) in [5, 5.41) is 2.76. The van der Waals surface area contributed by atoms with Gasteiger partial charge in [0.1, 0.15) is 5.52 Å². The number of carbonyl (C=O) groups excluding carboxylic acids is 1. The highest BCUT2D eigenvalue weighted by atomic mass is 32.2. The van der Waals surface area contributed by atoms with Crippen LogP contribution in [0.5, 0.6) is 0 Å². The molecule has 2 heterocycles. The minimum atomic E-state index is -3.25. The van der Waals surface area contributed by atoms with Crippen molar-refractivity contribution in [2.75, 3.05) is 32.5 Å². The summed E-state index contributed by atoms with van der Waals surface area (Å²) in [6.45, 7) is 2.87. The second-order valence-electron chi connectivity index (χ2n) is 5.74. The SMILES string of the molecule is Cc1nc2ccc(C(=O)NC[C@@H]3CN(S(C)(=O)=O)CCO3)cc2o1. The molecule has 1 N–H and O–H groups in total. The summed E-state index contributed by atoms with van der Waals surface area (Å²) in [7, 11) is -3.25. The lowest BCUT2D eigenvalue weighted by Crippen LogP contribution is -2.49. The lowest BCUT2D eigenvalue weighted by atomic mass is 10.2. The van der Waals surface area contributed by atoms with Crippen LogP contribution < -0.4 is 5.32 Å². The van der Waals surface area contributed by atoms with Gasteiger partial charge in [0.25, 0.3) is 5.91 Å². The molecule has 130 valence electrons. The van der Waals surface area contributed by atoms with E-state index >= 15 is 0 Å². The van der Waals surface area contributed by atoms with Crippen molar-refractivity contribution in [3.05, 3.63) is 29.7 Å². The van der Waals surface area contributed by atoms with E-state index in [-0.39, 0.29) is 25.1 Å². The number of aromatic nitrogens is 1. The van der Waals surface area contributed by atoms with E-state index in [2.05, 4.69) is 10.3 Å². The van der Waals surface area contributed by atoms with Crippen LogP contribution in [0, 0.1) is 6.92 Å². The zero-order valence-corrected chi connectivity index (χ0v) is 14.3. The third kappa shape index (κ3) is 3.74. The van der Waals surface area contributed by atoms with Gasteiger partial charge in [0.2, 0.25) is 10.0 Å².